The molecule has 120 valence electrons. The molecule has 0 aromatic carbocycles. The molecule has 0 saturated carbocycles. The first-order chi connectivity index (χ1) is 9.77. The molecule has 1 fully saturated rings. The van der Waals surface area contributed by atoms with Gasteiger partial charge in [-0.3, -0.25) is 0 Å². The molecule has 0 aromatic rings. The Morgan fingerprint density at radius 1 is 0.850 bits per heavy atom. The fourth-order valence-corrected chi connectivity index (χ4v) is 3.10. The van der Waals surface area contributed by atoms with Crippen LogP contribution >= 0.6 is 0 Å². The van der Waals surface area contributed by atoms with E-state index in [2.05, 4.69) is 19.2 Å². The summed E-state index contributed by atoms with van der Waals surface area (Å²) in [5, 5.41) is 3.44. The van der Waals surface area contributed by atoms with Crippen molar-refractivity contribution in [2.75, 3.05) is 19.7 Å². The van der Waals surface area contributed by atoms with Crippen molar-refractivity contribution >= 4 is 0 Å². The molecule has 20 heavy (non-hydrogen) atoms. The zero-order chi connectivity index (χ0) is 14.5. The molecule has 0 aromatic heterocycles. The summed E-state index contributed by atoms with van der Waals surface area (Å²) in [5.74, 6) is 0. The van der Waals surface area contributed by atoms with Crippen LogP contribution in [0.4, 0.5) is 0 Å². The summed E-state index contributed by atoms with van der Waals surface area (Å²) in [4.78, 5) is 0. The number of unbranched alkanes of at least 4 members (excludes halogenated alkanes) is 10. The van der Waals surface area contributed by atoms with Gasteiger partial charge in [0, 0.05) is 13.1 Å². The van der Waals surface area contributed by atoms with Crippen LogP contribution in [0.5, 0.6) is 0 Å². The third-order valence-electron chi connectivity index (χ3n) is 4.54. The highest BCUT2D eigenvalue weighted by Gasteiger charge is 2.26. The van der Waals surface area contributed by atoms with Crippen LogP contribution < -0.4 is 5.32 Å². The molecule has 0 amide bonds. The summed E-state index contributed by atoms with van der Waals surface area (Å²) in [6.07, 6.45) is 16.8. The molecule has 2 heteroatoms. The molecule has 1 aliphatic rings. The van der Waals surface area contributed by atoms with Crippen LogP contribution in [0.25, 0.3) is 0 Å². The number of nitrogens with one attached hydrogen (secondary N) is 1. The van der Waals surface area contributed by atoms with Crippen LogP contribution in [0.2, 0.25) is 0 Å². The van der Waals surface area contributed by atoms with Crippen molar-refractivity contribution < 1.29 is 4.74 Å². The number of hydrogen-bond acceptors (Lipinski definition) is 2. The summed E-state index contributed by atoms with van der Waals surface area (Å²) in [6, 6.07) is 0. The van der Waals surface area contributed by atoms with Crippen LogP contribution in [-0.4, -0.2) is 25.3 Å². The van der Waals surface area contributed by atoms with E-state index in [4.69, 9.17) is 4.74 Å². The lowest BCUT2D eigenvalue weighted by molar-refractivity contribution is -0.0589. The van der Waals surface area contributed by atoms with Gasteiger partial charge in [0.2, 0.25) is 0 Å². The first-order valence-corrected chi connectivity index (χ1v) is 9.11. The Labute approximate surface area is 127 Å². The third kappa shape index (κ3) is 8.97. The largest absolute Gasteiger partial charge is 0.373 e. The van der Waals surface area contributed by atoms with E-state index in [0.717, 1.165) is 19.7 Å². The molecule has 1 atom stereocenters. The maximum Gasteiger partial charge on any atom is 0.0778 e. The fourth-order valence-electron chi connectivity index (χ4n) is 3.10. The number of morpholine rings is 1. The molecule has 0 radical (unpaired) electrons. The highest BCUT2D eigenvalue weighted by atomic mass is 16.5. The normalized spacial score (nSPS) is 23.1. The fraction of sp³-hybridized carbons (Fsp3) is 1.00. The van der Waals surface area contributed by atoms with Crippen molar-refractivity contribution in [3.05, 3.63) is 0 Å². The van der Waals surface area contributed by atoms with E-state index < -0.39 is 0 Å². The molecule has 1 aliphatic heterocycles. The second kappa shape index (κ2) is 11.6. The Balaban J connectivity index is 1.80. The maximum absolute atomic E-state index is 5.89. The first-order valence-electron chi connectivity index (χ1n) is 9.11. The van der Waals surface area contributed by atoms with Crippen LogP contribution in [0.15, 0.2) is 0 Å². The van der Waals surface area contributed by atoms with E-state index in [1.165, 1.54) is 77.0 Å². The van der Waals surface area contributed by atoms with Crippen molar-refractivity contribution in [1.82, 2.24) is 5.32 Å². The molecule has 1 rings (SSSR count). The van der Waals surface area contributed by atoms with E-state index in [1.807, 2.05) is 0 Å². The van der Waals surface area contributed by atoms with Crippen molar-refractivity contribution in [1.29, 1.82) is 0 Å². The Kier molecular flexibility index (Phi) is 10.4. The van der Waals surface area contributed by atoms with E-state index in [1.54, 1.807) is 0 Å². The minimum absolute atomic E-state index is 0.109. The minimum atomic E-state index is 0.109. The van der Waals surface area contributed by atoms with Gasteiger partial charge in [-0.1, -0.05) is 77.6 Å². The molecule has 0 bridgehead atoms. The average Bonchev–Trinajstić information content (AvgIpc) is 2.45. The average molecular weight is 284 g/mol. The predicted molar refractivity (Wildman–Crippen MR) is 88.3 cm³/mol. The number of hydrogen-bond donors (Lipinski definition) is 1. The number of ether oxygens (including phenoxy) is 1. The highest BCUT2D eigenvalue weighted by Crippen LogP contribution is 2.21. The standard InChI is InChI=1S/C18H37NO/c1-3-4-5-6-7-8-9-10-11-12-13-14-18(2)17-19-15-16-20-18/h19H,3-17H2,1-2H3. The maximum atomic E-state index is 5.89. The van der Waals surface area contributed by atoms with Gasteiger partial charge < -0.3 is 10.1 Å². The van der Waals surface area contributed by atoms with E-state index >= 15 is 0 Å². The molecule has 1 N–H and O–H groups in total. The SMILES string of the molecule is CCCCCCCCCCCCCC1(C)CNCCO1. The Morgan fingerprint density at radius 3 is 1.90 bits per heavy atom. The summed E-state index contributed by atoms with van der Waals surface area (Å²) in [7, 11) is 0. The first kappa shape index (κ1) is 18.0. The molecule has 0 aliphatic carbocycles. The molecule has 2 nitrogen and oxygen atoms in total. The summed E-state index contributed by atoms with van der Waals surface area (Å²) >= 11 is 0. The zero-order valence-corrected chi connectivity index (χ0v) is 14.0. The minimum Gasteiger partial charge on any atom is -0.373 e. The number of rotatable bonds is 12. The Bertz CT molecular complexity index is 211. The van der Waals surface area contributed by atoms with Crippen molar-refractivity contribution in [2.45, 2.75) is 96.5 Å². The van der Waals surface area contributed by atoms with Gasteiger partial charge in [-0.15, -0.1) is 0 Å². The van der Waals surface area contributed by atoms with Gasteiger partial charge >= 0.3 is 0 Å². The monoisotopic (exact) mass is 283 g/mol. The smallest absolute Gasteiger partial charge is 0.0778 e. The van der Waals surface area contributed by atoms with Crippen LogP contribution in [-0.2, 0) is 4.74 Å². The molecular formula is C18H37NO. The molecule has 1 saturated heterocycles. The van der Waals surface area contributed by atoms with Gasteiger partial charge in [-0.05, 0) is 13.3 Å². The van der Waals surface area contributed by atoms with Gasteiger partial charge in [0.05, 0.1) is 12.2 Å². The lowest BCUT2D eigenvalue weighted by Gasteiger charge is -2.34. The van der Waals surface area contributed by atoms with Crippen LogP contribution in [0, 0.1) is 0 Å². The van der Waals surface area contributed by atoms with Crippen molar-refractivity contribution in [3.8, 4) is 0 Å². The molecular weight excluding hydrogens is 246 g/mol. The van der Waals surface area contributed by atoms with Gasteiger partial charge in [-0.2, -0.15) is 0 Å². The van der Waals surface area contributed by atoms with E-state index in [9.17, 15) is 0 Å². The van der Waals surface area contributed by atoms with E-state index in [0.29, 0.717) is 0 Å². The quantitative estimate of drug-likeness (QED) is 0.505. The van der Waals surface area contributed by atoms with Gasteiger partial charge in [0.25, 0.3) is 0 Å². The lowest BCUT2D eigenvalue weighted by Crippen LogP contribution is -2.47. The topological polar surface area (TPSA) is 21.3 Å². The zero-order valence-electron chi connectivity index (χ0n) is 14.0. The second-order valence-corrected chi connectivity index (χ2v) is 6.76. The Hall–Kier alpha value is -0.0800. The Morgan fingerprint density at radius 2 is 1.40 bits per heavy atom. The van der Waals surface area contributed by atoms with E-state index in [-0.39, 0.29) is 5.60 Å². The van der Waals surface area contributed by atoms with Gasteiger partial charge in [0.15, 0.2) is 0 Å². The van der Waals surface area contributed by atoms with Crippen molar-refractivity contribution in [3.63, 3.8) is 0 Å². The third-order valence-corrected chi connectivity index (χ3v) is 4.54. The summed E-state index contributed by atoms with van der Waals surface area (Å²) < 4.78 is 5.89. The molecule has 1 heterocycles. The van der Waals surface area contributed by atoms with Gasteiger partial charge in [0.1, 0.15) is 0 Å². The van der Waals surface area contributed by atoms with Crippen LogP contribution in [0.3, 0.4) is 0 Å². The lowest BCUT2D eigenvalue weighted by atomic mass is 9.96. The van der Waals surface area contributed by atoms with Crippen molar-refractivity contribution in [2.24, 2.45) is 0 Å². The van der Waals surface area contributed by atoms with Crippen LogP contribution in [0.1, 0.15) is 90.9 Å². The second-order valence-electron chi connectivity index (χ2n) is 6.76. The molecule has 0 spiro atoms. The highest BCUT2D eigenvalue weighted by molar-refractivity contribution is 4.81. The predicted octanol–water partition coefficient (Wildman–Crippen LogP) is 5.07. The summed E-state index contributed by atoms with van der Waals surface area (Å²) in [5.41, 5.74) is 0.109. The molecule has 1 unspecified atom stereocenters. The van der Waals surface area contributed by atoms with Gasteiger partial charge in [-0.25, -0.2) is 0 Å². The summed E-state index contributed by atoms with van der Waals surface area (Å²) in [6.45, 7) is 7.48.